The zero-order chi connectivity index (χ0) is 16.5. The topological polar surface area (TPSA) is 80.5 Å². The Bertz CT molecular complexity index is 702. The first-order chi connectivity index (χ1) is 11.7. The molecule has 0 spiro atoms. The van der Waals surface area contributed by atoms with Crippen LogP contribution in [-0.4, -0.2) is 41.4 Å². The summed E-state index contributed by atoms with van der Waals surface area (Å²) in [6, 6.07) is 3.66. The van der Waals surface area contributed by atoms with Crippen molar-refractivity contribution < 1.29 is 13.9 Å². The minimum Gasteiger partial charge on any atom is -0.467 e. The first-order valence-electron chi connectivity index (χ1n) is 8.19. The molecule has 24 heavy (non-hydrogen) atoms. The molecule has 2 aromatic rings. The Balaban J connectivity index is 1.33. The quantitative estimate of drug-likeness (QED) is 0.906. The van der Waals surface area contributed by atoms with E-state index in [1.807, 2.05) is 19.1 Å². The van der Waals surface area contributed by atoms with Gasteiger partial charge in [0.2, 0.25) is 11.0 Å². The van der Waals surface area contributed by atoms with Gasteiger partial charge in [-0.2, -0.15) is 0 Å². The van der Waals surface area contributed by atoms with Gasteiger partial charge in [0.05, 0.1) is 18.9 Å². The fourth-order valence-corrected chi connectivity index (χ4v) is 4.11. The van der Waals surface area contributed by atoms with Crippen molar-refractivity contribution in [1.82, 2.24) is 15.5 Å². The molecule has 0 unspecified atom stereocenters. The third kappa shape index (κ3) is 3.16. The van der Waals surface area contributed by atoms with E-state index in [0.717, 1.165) is 41.8 Å². The molecule has 0 saturated carbocycles. The van der Waals surface area contributed by atoms with Gasteiger partial charge in [0.25, 0.3) is 0 Å². The van der Waals surface area contributed by atoms with Crippen molar-refractivity contribution in [3.8, 4) is 0 Å². The third-order valence-corrected chi connectivity index (χ3v) is 5.55. The van der Waals surface area contributed by atoms with E-state index in [4.69, 9.17) is 9.15 Å². The van der Waals surface area contributed by atoms with Crippen LogP contribution in [0.5, 0.6) is 0 Å². The first kappa shape index (κ1) is 15.6. The molecule has 2 saturated heterocycles. The summed E-state index contributed by atoms with van der Waals surface area (Å²) in [7, 11) is 0. The van der Waals surface area contributed by atoms with E-state index < -0.39 is 0 Å². The molecule has 4 rings (SSSR count). The summed E-state index contributed by atoms with van der Waals surface area (Å²) >= 11 is 1.60. The fraction of sp³-hybridized carbons (Fsp3) is 0.562. The Morgan fingerprint density at radius 3 is 3.17 bits per heavy atom. The van der Waals surface area contributed by atoms with Crippen LogP contribution in [0, 0.1) is 12.8 Å². The summed E-state index contributed by atoms with van der Waals surface area (Å²) in [5.74, 6) is 1.13. The Labute approximate surface area is 144 Å². The number of fused-ring (bicyclic) bond motifs is 1. The van der Waals surface area contributed by atoms with Gasteiger partial charge in [0, 0.05) is 13.1 Å². The van der Waals surface area contributed by atoms with Crippen molar-refractivity contribution in [2.75, 3.05) is 18.0 Å². The van der Waals surface area contributed by atoms with Gasteiger partial charge in [-0.1, -0.05) is 11.3 Å². The van der Waals surface area contributed by atoms with Crippen LogP contribution < -0.4 is 10.2 Å². The van der Waals surface area contributed by atoms with E-state index in [0.29, 0.717) is 12.5 Å². The number of carbonyl (C=O) groups is 1. The molecule has 2 aliphatic rings. The fourth-order valence-electron chi connectivity index (χ4n) is 3.39. The van der Waals surface area contributed by atoms with Crippen LogP contribution in [0.15, 0.2) is 22.8 Å². The summed E-state index contributed by atoms with van der Waals surface area (Å²) in [5.41, 5.74) is 0. The Morgan fingerprint density at radius 1 is 1.50 bits per heavy atom. The Hall–Kier alpha value is -1.93. The molecule has 2 aliphatic heterocycles. The highest BCUT2D eigenvalue weighted by molar-refractivity contribution is 7.15. The van der Waals surface area contributed by atoms with Crippen LogP contribution in [0.4, 0.5) is 5.13 Å². The second-order valence-corrected chi connectivity index (χ2v) is 7.45. The Morgan fingerprint density at radius 2 is 2.42 bits per heavy atom. The van der Waals surface area contributed by atoms with Gasteiger partial charge in [-0.3, -0.25) is 4.79 Å². The number of carbonyl (C=O) groups excluding carboxylic acids is 1. The molecule has 0 bridgehead atoms. The molecule has 8 heteroatoms. The molecule has 1 amide bonds. The highest BCUT2D eigenvalue weighted by atomic mass is 32.1. The van der Waals surface area contributed by atoms with Crippen LogP contribution in [0.1, 0.15) is 23.6 Å². The number of aryl methyl sites for hydroxylation is 1. The second-order valence-electron chi connectivity index (χ2n) is 6.29. The van der Waals surface area contributed by atoms with Crippen molar-refractivity contribution in [1.29, 1.82) is 0 Å². The minimum atomic E-state index is -0.369. The average Bonchev–Trinajstić information content (AvgIpc) is 3.31. The lowest BCUT2D eigenvalue weighted by Gasteiger charge is -2.33. The van der Waals surface area contributed by atoms with Gasteiger partial charge >= 0.3 is 0 Å². The highest BCUT2D eigenvalue weighted by Crippen LogP contribution is 2.35. The number of anilines is 1. The van der Waals surface area contributed by atoms with Gasteiger partial charge in [-0.05, 0) is 37.8 Å². The zero-order valence-electron chi connectivity index (χ0n) is 13.5. The van der Waals surface area contributed by atoms with Gasteiger partial charge in [0.15, 0.2) is 0 Å². The maximum absolute atomic E-state index is 12.3. The number of piperidine rings is 1. The van der Waals surface area contributed by atoms with Crippen LogP contribution in [-0.2, 0) is 16.1 Å². The molecule has 0 radical (unpaired) electrons. The standard InChI is InChI=1S/C16H20N4O3S/c1-10-18-19-16(24-10)20-5-4-11-7-13(23-14(11)9-20)15(21)17-8-12-3-2-6-22-12/h2-3,6,11,13-14H,4-5,7-9H2,1H3,(H,17,21)/t11-,13-,14+/m1/s1. The van der Waals surface area contributed by atoms with E-state index in [2.05, 4.69) is 20.4 Å². The molecule has 7 nitrogen and oxygen atoms in total. The van der Waals surface area contributed by atoms with Crippen LogP contribution in [0.2, 0.25) is 0 Å². The number of furan rings is 1. The monoisotopic (exact) mass is 348 g/mol. The number of nitrogens with one attached hydrogen (secondary N) is 1. The molecular formula is C16H20N4O3S. The van der Waals surface area contributed by atoms with Gasteiger partial charge < -0.3 is 19.4 Å². The van der Waals surface area contributed by atoms with Gasteiger partial charge in [0.1, 0.15) is 16.9 Å². The number of hydrogen-bond acceptors (Lipinski definition) is 7. The summed E-state index contributed by atoms with van der Waals surface area (Å²) < 4.78 is 11.3. The lowest BCUT2D eigenvalue weighted by molar-refractivity contribution is -0.132. The van der Waals surface area contributed by atoms with Crippen LogP contribution in [0.25, 0.3) is 0 Å². The van der Waals surface area contributed by atoms with Crippen molar-refractivity contribution in [3.05, 3.63) is 29.2 Å². The van der Waals surface area contributed by atoms with E-state index in [9.17, 15) is 4.79 Å². The van der Waals surface area contributed by atoms with Crippen molar-refractivity contribution >= 4 is 22.4 Å². The predicted octanol–water partition coefficient (Wildman–Crippen LogP) is 1.74. The molecule has 2 fully saturated rings. The predicted molar refractivity (Wildman–Crippen MR) is 88.8 cm³/mol. The molecule has 3 atom stereocenters. The number of nitrogens with zero attached hydrogens (tertiary/aromatic N) is 3. The number of amides is 1. The molecule has 1 N–H and O–H groups in total. The van der Waals surface area contributed by atoms with Gasteiger partial charge in [-0.15, -0.1) is 10.2 Å². The number of hydrogen-bond donors (Lipinski definition) is 1. The molecule has 0 aromatic carbocycles. The highest BCUT2D eigenvalue weighted by Gasteiger charge is 2.42. The molecule has 2 aromatic heterocycles. The molecule has 0 aliphatic carbocycles. The Kier molecular flexibility index (Phi) is 4.24. The smallest absolute Gasteiger partial charge is 0.249 e. The third-order valence-electron chi connectivity index (χ3n) is 4.65. The van der Waals surface area contributed by atoms with E-state index in [-0.39, 0.29) is 18.1 Å². The van der Waals surface area contributed by atoms with Crippen molar-refractivity contribution in [2.24, 2.45) is 5.92 Å². The molecule has 4 heterocycles. The normalized spacial score (nSPS) is 26.4. The van der Waals surface area contributed by atoms with Crippen molar-refractivity contribution in [3.63, 3.8) is 0 Å². The number of ether oxygens (including phenoxy) is 1. The maximum atomic E-state index is 12.3. The van der Waals surface area contributed by atoms with Gasteiger partial charge in [-0.25, -0.2) is 0 Å². The van der Waals surface area contributed by atoms with E-state index >= 15 is 0 Å². The van der Waals surface area contributed by atoms with Crippen LogP contribution >= 0.6 is 11.3 Å². The van der Waals surface area contributed by atoms with Crippen molar-refractivity contribution in [2.45, 2.75) is 38.5 Å². The number of rotatable bonds is 4. The average molecular weight is 348 g/mol. The second kappa shape index (κ2) is 6.52. The minimum absolute atomic E-state index is 0.0564. The molecule has 128 valence electrons. The summed E-state index contributed by atoms with van der Waals surface area (Å²) in [6.45, 7) is 4.08. The lowest BCUT2D eigenvalue weighted by Crippen LogP contribution is -2.42. The maximum Gasteiger partial charge on any atom is 0.249 e. The zero-order valence-corrected chi connectivity index (χ0v) is 14.3. The SMILES string of the molecule is Cc1nnc(N2CC[C@@H]3C[C@H](C(=O)NCc4ccco4)O[C@H]3C2)s1. The lowest BCUT2D eigenvalue weighted by atomic mass is 9.92. The summed E-state index contributed by atoms with van der Waals surface area (Å²) in [6.07, 6.45) is 3.13. The van der Waals surface area contributed by atoms with E-state index in [1.54, 1.807) is 17.6 Å². The number of aromatic nitrogens is 2. The summed E-state index contributed by atoms with van der Waals surface area (Å²) in [5, 5.41) is 13.1. The first-order valence-corrected chi connectivity index (χ1v) is 9.01. The van der Waals surface area contributed by atoms with E-state index in [1.165, 1.54) is 0 Å². The molecular weight excluding hydrogens is 328 g/mol. The van der Waals surface area contributed by atoms with Crippen LogP contribution in [0.3, 0.4) is 0 Å². The largest absolute Gasteiger partial charge is 0.467 e. The summed E-state index contributed by atoms with van der Waals surface area (Å²) in [4.78, 5) is 14.5.